The van der Waals surface area contributed by atoms with Crippen LogP contribution in [0, 0.1) is 10.1 Å². The highest BCUT2D eigenvalue weighted by Crippen LogP contribution is 2.10. The van der Waals surface area contributed by atoms with Gasteiger partial charge in [-0.1, -0.05) is 17.1 Å². The van der Waals surface area contributed by atoms with Gasteiger partial charge in [0, 0.05) is 24.9 Å². The van der Waals surface area contributed by atoms with Crippen LogP contribution in [-0.4, -0.2) is 45.9 Å². The number of benzene rings is 1. The lowest BCUT2D eigenvalue weighted by atomic mass is 10.2. The molecule has 10 heteroatoms. The number of hydrazone groups is 1. The van der Waals surface area contributed by atoms with Crippen LogP contribution in [0.4, 0.5) is 11.6 Å². The number of nitro groups is 1. The van der Waals surface area contributed by atoms with Crippen molar-refractivity contribution in [2.24, 2.45) is 5.10 Å². The van der Waals surface area contributed by atoms with Crippen molar-refractivity contribution in [3.8, 4) is 0 Å². The monoisotopic (exact) mass is 317 g/mol. The molecule has 0 saturated heterocycles. The molecule has 10 nitrogen and oxygen atoms in total. The molecule has 2 rings (SSSR count). The second-order valence-corrected chi connectivity index (χ2v) is 4.78. The van der Waals surface area contributed by atoms with Crippen LogP contribution < -0.4 is 10.3 Å². The number of anilines is 1. The maximum atomic E-state index is 11.6. The van der Waals surface area contributed by atoms with Gasteiger partial charge in [-0.15, -0.1) is 0 Å². The fourth-order valence-corrected chi connectivity index (χ4v) is 1.66. The van der Waals surface area contributed by atoms with E-state index in [-0.39, 0.29) is 6.54 Å². The summed E-state index contributed by atoms with van der Waals surface area (Å²) in [6.45, 7) is -0.211. The largest absolute Gasteiger partial charge is 0.490 e. The Morgan fingerprint density at radius 2 is 2.13 bits per heavy atom. The Labute approximate surface area is 131 Å². The predicted octanol–water partition coefficient (Wildman–Crippen LogP) is 0.403. The first kappa shape index (κ1) is 16.1. The van der Waals surface area contributed by atoms with Crippen LogP contribution in [0.15, 0.2) is 35.7 Å². The van der Waals surface area contributed by atoms with Gasteiger partial charge in [-0.3, -0.25) is 4.79 Å². The third-order valence-corrected chi connectivity index (χ3v) is 2.81. The number of carbonyl (C=O) groups is 1. The van der Waals surface area contributed by atoms with Crippen LogP contribution in [0.3, 0.4) is 0 Å². The molecule has 0 atom stereocenters. The highest BCUT2D eigenvalue weighted by Gasteiger charge is 2.14. The number of aromatic nitrogens is 3. The highest BCUT2D eigenvalue weighted by atomic mass is 16.6. The number of hydrogen-bond donors (Lipinski definition) is 1. The Morgan fingerprint density at radius 1 is 1.43 bits per heavy atom. The maximum absolute atomic E-state index is 11.6. The molecule has 0 aliphatic rings. The first-order chi connectivity index (χ1) is 11.0. The van der Waals surface area contributed by atoms with E-state index in [2.05, 4.69) is 20.6 Å². The van der Waals surface area contributed by atoms with Gasteiger partial charge >= 0.3 is 5.95 Å². The smallest absolute Gasteiger partial charge is 0.390 e. The van der Waals surface area contributed by atoms with E-state index in [1.165, 1.54) is 6.21 Å². The zero-order valence-corrected chi connectivity index (χ0v) is 12.6. The number of nitrogens with one attached hydrogen (secondary N) is 1. The Balaban J connectivity index is 1.86. The SMILES string of the molecule is CN(C)c1ccc(/C=N/NC(=O)Cn2cnc([N+](=O)[O-])n2)cc1. The van der Waals surface area contributed by atoms with Crippen molar-refractivity contribution in [2.75, 3.05) is 19.0 Å². The summed E-state index contributed by atoms with van der Waals surface area (Å²) in [6, 6.07) is 7.59. The van der Waals surface area contributed by atoms with E-state index in [1.54, 1.807) is 0 Å². The minimum absolute atomic E-state index is 0.211. The standard InChI is InChI=1S/C13H15N7O3/c1-18(2)11-5-3-10(4-6-11)7-15-16-12(21)8-19-9-14-13(17-19)20(22)23/h3-7,9H,8H2,1-2H3,(H,16,21)/b15-7+. The molecular weight excluding hydrogens is 302 g/mol. The van der Waals surface area contributed by atoms with Gasteiger partial charge in [0.05, 0.1) is 6.21 Å². The van der Waals surface area contributed by atoms with Crippen molar-refractivity contribution in [1.29, 1.82) is 0 Å². The third kappa shape index (κ3) is 4.59. The lowest BCUT2D eigenvalue weighted by Crippen LogP contribution is -2.23. The molecule has 0 aliphatic heterocycles. The molecule has 0 unspecified atom stereocenters. The van der Waals surface area contributed by atoms with Gasteiger partial charge < -0.3 is 15.0 Å². The summed E-state index contributed by atoms with van der Waals surface area (Å²) >= 11 is 0. The van der Waals surface area contributed by atoms with Crippen molar-refractivity contribution in [3.63, 3.8) is 0 Å². The van der Waals surface area contributed by atoms with Gasteiger partial charge in [0.25, 0.3) is 5.91 Å². The minimum Gasteiger partial charge on any atom is -0.390 e. The van der Waals surface area contributed by atoms with E-state index in [9.17, 15) is 14.9 Å². The fraction of sp³-hybridized carbons (Fsp3) is 0.231. The molecule has 0 saturated carbocycles. The Hall–Kier alpha value is -3.30. The molecule has 0 bridgehead atoms. The van der Waals surface area contributed by atoms with Gasteiger partial charge in [-0.25, -0.2) is 5.43 Å². The lowest BCUT2D eigenvalue weighted by Gasteiger charge is -2.11. The average molecular weight is 317 g/mol. The molecular formula is C13H15N7O3. The summed E-state index contributed by atoms with van der Waals surface area (Å²) in [6.07, 6.45) is 2.61. The van der Waals surface area contributed by atoms with Gasteiger partial charge in [0.15, 0.2) is 0 Å². The number of carbonyl (C=O) groups excluding carboxylic acids is 1. The second-order valence-electron chi connectivity index (χ2n) is 4.78. The molecule has 0 radical (unpaired) electrons. The van der Waals surface area contributed by atoms with Crippen LogP contribution in [0.2, 0.25) is 0 Å². The number of amides is 1. The van der Waals surface area contributed by atoms with Gasteiger partial charge in [0.2, 0.25) is 6.33 Å². The van der Waals surface area contributed by atoms with Crippen molar-refractivity contribution in [2.45, 2.75) is 6.54 Å². The van der Waals surface area contributed by atoms with E-state index >= 15 is 0 Å². The number of nitrogens with zero attached hydrogens (tertiary/aromatic N) is 6. The summed E-state index contributed by atoms with van der Waals surface area (Å²) in [5, 5.41) is 17.8. The summed E-state index contributed by atoms with van der Waals surface area (Å²) in [4.78, 5) is 26.8. The van der Waals surface area contributed by atoms with E-state index in [0.29, 0.717) is 0 Å². The Morgan fingerprint density at radius 3 is 2.70 bits per heavy atom. The van der Waals surface area contributed by atoms with Gasteiger partial charge in [-0.2, -0.15) is 9.78 Å². The first-order valence-electron chi connectivity index (χ1n) is 6.59. The molecule has 120 valence electrons. The Bertz CT molecular complexity index is 721. The van der Waals surface area contributed by atoms with E-state index in [4.69, 9.17) is 0 Å². The zero-order chi connectivity index (χ0) is 16.8. The quantitative estimate of drug-likeness (QED) is 0.468. The molecule has 1 aromatic heterocycles. The van der Waals surface area contributed by atoms with E-state index in [1.807, 2.05) is 43.3 Å². The molecule has 0 fully saturated rings. The number of hydrogen-bond acceptors (Lipinski definition) is 7. The summed E-state index contributed by atoms with van der Waals surface area (Å²) in [5.74, 6) is -1.02. The van der Waals surface area contributed by atoms with Gasteiger partial charge in [0.1, 0.15) is 6.54 Å². The molecule has 1 amide bonds. The fourth-order valence-electron chi connectivity index (χ4n) is 1.66. The normalized spacial score (nSPS) is 10.7. The van der Waals surface area contributed by atoms with E-state index < -0.39 is 16.8 Å². The molecule has 2 aromatic rings. The van der Waals surface area contributed by atoms with Crippen molar-refractivity contribution >= 4 is 23.8 Å². The van der Waals surface area contributed by atoms with Crippen LogP contribution in [-0.2, 0) is 11.3 Å². The van der Waals surface area contributed by atoms with Crippen molar-refractivity contribution in [1.82, 2.24) is 20.2 Å². The highest BCUT2D eigenvalue weighted by molar-refractivity contribution is 5.82. The predicted molar refractivity (Wildman–Crippen MR) is 83.2 cm³/mol. The molecule has 1 aromatic carbocycles. The van der Waals surface area contributed by atoms with E-state index in [0.717, 1.165) is 22.3 Å². The molecule has 1 N–H and O–H groups in total. The summed E-state index contributed by atoms with van der Waals surface area (Å²) in [7, 11) is 3.88. The lowest BCUT2D eigenvalue weighted by molar-refractivity contribution is -0.394. The van der Waals surface area contributed by atoms with Crippen molar-refractivity contribution in [3.05, 3.63) is 46.3 Å². The molecule has 0 spiro atoms. The maximum Gasteiger partial charge on any atom is 0.490 e. The van der Waals surface area contributed by atoms with Gasteiger partial charge in [-0.05, 0) is 22.6 Å². The topological polar surface area (TPSA) is 119 Å². The van der Waals surface area contributed by atoms with Crippen LogP contribution >= 0.6 is 0 Å². The van der Waals surface area contributed by atoms with Crippen LogP contribution in [0.5, 0.6) is 0 Å². The van der Waals surface area contributed by atoms with Crippen molar-refractivity contribution < 1.29 is 9.72 Å². The summed E-state index contributed by atoms with van der Waals surface area (Å²) < 4.78 is 1.06. The molecule has 1 heterocycles. The zero-order valence-electron chi connectivity index (χ0n) is 12.6. The first-order valence-corrected chi connectivity index (χ1v) is 6.59. The van der Waals surface area contributed by atoms with Crippen LogP contribution in [0.25, 0.3) is 0 Å². The minimum atomic E-state index is -0.732. The number of rotatable bonds is 6. The van der Waals surface area contributed by atoms with Crippen LogP contribution in [0.1, 0.15) is 5.56 Å². The average Bonchev–Trinajstić information content (AvgIpc) is 2.96. The molecule has 0 aliphatic carbocycles. The summed E-state index contributed by atoms with van der Waals surface area (Å²) in [5.41, 5.74) is 4.20. The second kappa shape index (κ2) is 7.11. The Kier molecular flexibility index (Phi) is 4.97. The molecule has 23 heavy (non-hydrogen) atoms. The third-order valence-electron chi connectivity index (χ3n) is 2.81.